The molecule has 1 rings (SSSR count). The third kappa shape index (κ3) is 3.36. The smallest absolute Gasteiger partial charge is 0.167 e. The molecule has 1 unspecified atom stereocenters. The Morgan fingerprint density at radius 3 is 2.53 bits per heavy atom. The van der Waals surface area contributed by atoms with Crippen LogP contribution >= 0.6 is 23.2 Å². The Bertz CT molecular complexity index is 416. The van der Waals surface area contributed by atoms with Gasteiger partial charge in [-0.05, 0) is 18.6 Å². The molecule has 0 aliphatic heterocycles. The molecular weight excluding hydrogens is 259 g/mol. The normalized spacial score (nSPS) is 12.3. The Kier molecular flexibility index (Phi) is 5.29. The van der Waals surface area contributed by atoms with Gasteiger partial charge in [-0.25, -0.2) is 0 Å². The molecule has 4 heteroatoms. The lowest BCUT2D eigenvalue weighted by Crippen LogP contribution is -2.11. The largest absolute Gasteiger partial charge is 0.495 e. The first-order valence-electron chi connectivity index (χ1n) is 5.58. The van der Waals surface area contributed by atoms with E-state index in [0.29, 0.717) is 21.4 Å². The molecule has 0 aliphatic carbocycles. The number of halogens is 2. The SMILES string of the molecule is CCCC(C)C(=O)c1cc(OC)c(Cl)cc1Cl. The van der Waals surface area contributed by atoms with Crippen molar-refractivity contribution in [2.75, 3.05) is 7.11 Å². The molecule has 0 bridgehead atoms. The summed E-state index contributed by atoms with van der Waals surface area (Å²) in [7, 11) is 1.51. The second-order valence-corrected chi connectivity index (χ2v) is 4.83. The van der Waals surface area contributed by atoms with E-state index < -0.39 is 0 Å². The van der Waals surface area contributed by atoms with Crippen molar-refractivity contribution in [3.8, 4) is 5.75 Å². The minimum Gasteiger partial charge on any atom is -0.495 e. The highest BCUT2D eigenvalue weighted by Crippen LogP contribution is 2.32. The molecule has 94 valence electrons. The van der Waals surface area contributed by atoms with E-state index >= 15 is 0 Å². The summed E-state index contributed by atoms with van der Waals surface area (Å²) in [6.07, 6.45) is 1.81. The average Bonchev–Trinajstić information content (AvgIpc) is 2.29. The van der Waals surface area contributed by atoms with Crippen molar-refractivity contribution in [3.05, 3.63) is 27.7 Å². The molecule has 2 nitrogen and oxygen atoms in total. The minimum atomic E-state index is -0.0385. The van der Waals surface area contributed by atoms with Gasteiger partial charge in [0.2, 0.25) is 0 Å². The van der Waals surface area contributed by atoms with Gasteiger partial charge < -0.3 is 4.74 Å². The van der Waals surface area contributed by atoms with Crippen molar-refractivity contribution < 1.29 is 9.53 Å². The van der Waals surface area contributed by atoms with Crippen LogP contribution in [0.3, 0.4) is 0 Å². The van der Waals surface area contributed by atoms with E-state index in [4.69, 9.17) is 27.9 Å². The number of rotatable bonds is 5. The number of hydrogen-bond donors (Lipinski definition) is 0. The van der Waals surface area contributed by atoms with Crippen LogP contribution < -0.4 is 4.74 Å². The molecule has 0 fully saturated rings. The lowest BCUT2D eigenvalue weighted by Gasteiger charge is -2.12. The van der Waals surface area contributed by atoms with Crippen LogP contribution in [0.4, 0.5) is 0 Å². The topological polar surface area (TPSA) is 26.3 Å². The zero-order valence-corrected chi connectivity index (χ0v) is 11.7. The van der Waals surface area contributed by atoms with E-state index in [0.717, 1.165) is 12.8 Å². The molecule has 1 atom stereocenters. The van der Waals surface area contributed by atoms with Crippen LogP contribution in [0.15, 0.2) is 12.1 Å². The first-order chi connectivity index (χ1) is 8.01. The summed E-state index contributed by atoms with van der Waals surface area (Å²) in [5, 5.41) is 0.793. The predicted octanol–water partition coefficient (Wildman–Crippen LogP) is 4.62. The summed E-state index contributed by atoms with van der Waals surface area (Å²) < 4.78 is 5.09. The van der Waals surface area contributed by atoms with Gasteiger partial charge >= 0.3 is 0 Å². The Labute approximate surface area is 112 Å². The molecule has 0 spiro atoms. The zero-order valence-electron chi connectivity index (χ0n) is 10.2. The van der Waals surface area contributed by atoms with Gasteiger partial charge in [-0.1, -0.05) is 43.5 Å². The van der Waals surface area contributed by atoms with E-state index in [-0.39, 0.29) is 11.7 Å². The van der Waals surface area contributed by atoms with Crippen LogP contribution in [-0.4, -0.2) is 12.9 Å². The molecule has 0 N–H and O–H groups in total. The van der Waals surface area contributed by atoms with Crippen molar-refractivity contribution >= 4 is 29.0 Å². The summed E-state index contributed by atoms with van der Waals surface area (Å²) in [6.45, 7) is 3.96. The molecule has 0 amide bonds. The summed E-state index contributed by atoms with van der Waals surface area (Å²) in [5.41, 5.74) is 0.480. The predicted molar refractivity (Wildman–Crippen MR) is 71.4 cm³/mol. The van der Waals surface area contributed by atoms with Gasteiger partial charge in [0, 0.05) is 11.5 Å². The highest BCUT2D eigenvalue weighted by molar-refractivity contribution is 6.37. The number of carbonyl (C=O) groups excluding carboxylic acids is 1. The molecule has 17 heavy (non-hydrogen) atoms. The molecule has 1 aromatic rings. The lowest BCUT2D eigenvalue weighted by atomic mass is 9.95. The van der Waals surface area contributed by atoms with Gasteiger partial charge in [-0.2, -0.15) is 0 Å². The van der Waals surface area contributed by atoms with Crippen molar-refractivity contribution in [2.24, 2.45) is 5.92 Å². The Morgan fingerprint density at radius 1 is 1.35 bits per heavy atom. The van der Waals surface area contributed by atoms with E-state index in [1.807, 2.05) is 13.8 Å². The standard InChI is InChI=1S/C13H16Cl2O2/c1-4-5-8(2)13(16)9-6-12(17-3)11(15)7-10(9)14/h6-8H,4-5H2,1-3H3. The fraction of sp³-hybridized carbons (Fsp3) is 0.462. The fourth-order valence-corrected chi connectivity index (χ4v) is 2.26. The summed E-state index contributed by atoms with van der Waals surface area (Å²) in [5.74, 6) is 0.471. The third-order valence-electron chi connectivity index (χ3n) is 2.68. The highest BCUT2D eigenvalue weighted by Gasteiger charge is 2.19. The first-order valence-corrected chi connectivity index (χ1v) is 6.34. The lowest BCUT2D eigenvalue weighted by molar-refractivity contribution is 0.0923. The van der Waals surface area contributed by atoms with Crippen molar-refractivity contribution in [1.82, 2.24) is 0 Å². The van der Waals surface area contributed by atoms with Crippen LogP contribution in [0, 0.1) is 5.92 Å². The number of benzene rings is 1. The van der Waals surface area contributed by atoms with Crippen molar-refractivity contribution in [1.29, 1.82) is 0 Å². The van der Waals surface area contributed by atoms with Crippen LogP contribution in [0.5, 0.6) is 5.75 Å². The molecular formula is C13H16Cl2O2. The van der Waals surface area contributed by atoms with Crippen LogP contribution in [0.2, 0.25) is 10.0 Å². The van der Waals surface area contributed by atoms with Gasteiger partial charge in [0.1, 0.15) is 5.75 Å². The fourth-order valence-electron chi connectivity index (χ4n) is 1.70. The van der Waals surface area contributed by atoms with Gasteiger partial charge in [0.05, 0.1) is 17.2 Å². The van der Waals surface area contributed by atoms with Gasteiger partial charge in [0.15, 0.2) is 5.78 Å². The number of ether oxygens (including phenoxy) is 1. The molecule has 1 aromatic carbocycles. The Hall–Kier alpha value is -0.730. The van der Waals surface area contributed by atoms with E-state index in [1.54, 1.807) is 12.1 Å². The summed E-state index contributed by atoms with van der Waals surface area (Å²) in [6, 6.07) is 3.16. The molecule has 0 radical (unpaired) electrons. The maximum Gasteiger partial charge on any atom is 0.167 e. The highest BCUT2D eigenvalue weighted by atomic mass is 35.5. The third-order valence-corrected chi connectivity index (χ3v) is 3.28. The van der Waals surface area contributed by atoms with E-state index in [9.17, 15) is 4.79 Å². The van der Waals surface area contributed by atoms with E-state index in [2.05, 4.69) is 0 Å². The molecule has 0 aromatic heterocycles. The minimum absolute atomic E-state index is 0.0341. The molecule has 0 heterocycles. The van der Waals surface area contributed by atoms with Gasteiger partial charge in [0.25, 0.3) is 0 Å². The number of hydrogen-bond acceptors (Lipinski definition) is 2. The Balaban J connectivity index is 3.09. The maximum atomic E-state index is 12.2. The summed E-state index contributed by atoms with van der Waals surface area (Å²) >= 11 is 12.0. The van der Waals surface area contributed by atoms with Crippen LogP contribution in [-0.2, 0) is 0 Å². The monoisotopic (exact) mass is 274 g/mol. The number of Topliss-reactive ketones (excluding diaryl/α,β-unsaturated/α-hetero) is 1. The van der Waals surface area contributed by atoms with Crippen LogP contribution in [0.1, 0.15) is 37.0 Å². The Morgan fingerprint density at radius 2 is 2.00 bits per heavy atom. The molecule has 0 aliphatic rings. The number of methoxy groups -OCH3 is 1. The second-order valence-electron chi connectivity index (χ2n) is 4.02. The van der Waals surface area contributed by atoms with Gasteiger partial charge in [-0.3, -0.25) is 4.79 Å². The van der Waals surface area contributed by atoms with Crippen LogP contribution in [0.25, 0.3) is 0 Å². The summed E-state index contributed by atoms with van der Waals surface area (Å²) in [4.78, 5) is 12.2. The van der Waals surface area contributed by atoms with Crippen molar-refractivity contribution in [3.63, 3.8) is 0 Å². The van der Waals surface area contributed by atoms with E-state index in [1.165, 1.54) is 7.11 Å². The molecule has 0 saturated carbocycles. The van der Waals surface area contributed by atoms with Gasteiger partial charge in [-0.15, -0.1) is 0 Å². The number of ketones is 1. The average molecular weight is 275 g/mol. The maximum absolute atomic E-state index is 12.2. The molecule has 0 saturated heterocycles. The quantitative estimate of drug-likeness (QED) is 0.733. The zero-order chi connectivity index (χ0) is 13.0. The first kappa shape index (κ1) is 14.3. The van der Waals surface area contributed by atoms with Crippen molar-refractivity contribution in [2.45, 2.75) is 26.7 Å². The second kappa shape index (κ2) is 6.27. The number of carbonyl (C=O) groups is 1.